The summed E-state index contributed by atoms with van der Waals surface area (Å²) in [4.78, 5) is 5.14. The van der Waals surface area contributed by atoms with Crippen LogP contribution in [0, 0.1) is 0 Å². The number of fused-ring (bicyclic) bond motifs is 6. The molecule has 0 saturated heterocycles. The highest BCUT2D eigenvalue weighted by Gasteiger charge is 2.36. The molecule has 0 aliphatic carbocycles. The zero-order valence-electron chi connectivity index (χ0n) is 17.1. The van der Waals surface area contributed by atoms with Gasteiger partial charge < -0.3 is 19.3 Å². The maximum atomic E-state index is 12.4. The molecule has 16 heteroatoms. The highest BCUT2D eigenvalue weighted by Crippen LogP contribution is 2.41. The number of nitrogens with one attached hydrogen (secondary N) is 1. The molecule has 184 valence electrons. The molecular weight excluding hydrogens is 532 g/mol. The van der Waals surface area contributed by atoms with Crippen LogP contribution in [-0.4, -0.2) is 25.3 Å². The van der Waals surface area contributed by atoms with Crippen LogP contribution in [0.2, 0.25) is 0 Å². The maximum absolute atomic E-state index is 12.4. The zero-order valence-corrected chi connectivity index (χ0v) is 19.5. The Kier molecular flexibility index (Phi) is 6.58. The van der Waals surface area contributed by atoms with Crippen molar-refractivity contribution in [3.05, 3.63) is 42.5 Å². The lowest BCUT2D eigenvalue weighted by molar-refractivity contribution is -0.838. The molecule has 1 aliphatic heterocycles. The van der Waals surface area contributed by atoms with E-state index in [0.29, 0.717) is 38.9 Å². The Morgan fingerprint density at radius 3 is 2.83 bits per heavy atom. The number of oxazole rings is 1. The summed E-state index contributed by atoms with van der Waals surface area (Å²) in [6, 6.07) is 10.7. The van der Waals surface area contributed by atoms with Crippen molar-refractivity contribution in [3.8, 4) is 17.6 Å². The first-order chi connectivity index (χ1) is 16.9. The monoisotopic (exact) mass is 544 g/mol. The van der Waals surface area contributed by atoms with Gasteiger partial charge >= 0.3 is 6.08 Å². The number of sulfone groups is 1. The van der Waals surface area contributed by atoms with Crippen molar-refractivity contribution in [2.75, 3.05) is 17.1 Å². The molecule has 13 nitrogen and oxygen atoms in total. The van der Waals surface area contributed by atoms with E-state index in [1.807, 2.05) is 0 Å². The van der Waals surface area contributed by atoms with Gasteiger partial charge in [-0.05, 0) is 46.8 Å². The molecule has 1 aromatic heterocycles. The van der Waals surface area contributed by atoms with Gasteiger partial charge in [-0.15, -0.1) is 15.9 Å². The number of aromatic nitrogens is 1. The van der Waals surface area contributed by atoms with E-state index in [1.165, 1.54) is 22.9 Å². The van der Waals surface area contributed by atoms with Crippen molar-refractivity contribution >= 4 is 61.0 Å². The minimum atomic E-state index is -3.59. The van der Waals surface area contributed by atoms with Crippen LogP contribution in [-0.2, 0) is 29.3 Å². The zero-order chi connectivity index (χ0) is 24.6. The standard InChI is InChI=1S/C19H13ClN2O11S2/c20-5-6-35(25,26)12-2-4-14-15(9-12)27-19-22(21-14)17-13-3-1-11(29-32-30-23)7-10(13)8-16(18(17)28-19)34-33-31-24/h1-4,7-9,21H,5-6H2,(H-,23,24). The molecule has 1 aliphatic rings. The fraction of sp³-hybridized carbons (Fsp3) is 0.105. The van der Waals surface area contributed by atoms with E-state index in [-0.39, 0.29) is 39.7 Å². The first kappa shape index (κ1) is 23.9. The van der Waals surface area contributed by atoms with Gasteiger partial charge in [0.1, 0.15) is 5.69 Å². The summed E-state index contributed by atoms with van der Waals surface area (Å²) in [6.07, 6.45) is -0.0120. The largest absolute Gasteiger partial charge is 0.689 e. The maximum Gasteiger partial charge on any atom is 0.597 e. The molecule has 0 spiro atoms. The molecular formula is C19H13ClN2O11S2. The van der Waals surface area contributed by atoms with Crippen LogP contribution >= 0.6 is 23.6 Å². The molecule has 0 bridgehead atoms. The number of anilines is 1. The topological polar surface area (TPSA) is 162 Å². The lowest BCUT2D eigenvalue weighted by atomic mass is 10.1. The fourth-order valence-electron chi connectivity index (χ4n) is 3.56. The Hall–Kier alpha value is -2.86. The molecule has 0 unspecified atom stereocenters. The summed E-state index contributed by atoms with van der Waals surface area (Å²) in [5.74, 6) is 0.116. The normalized spacial score (nSPS) is 12.8. The molecule has 5 rings (SSSR count). The minimum absolute atomic E-state index is 0.0120. The van der Waals surface area contributed by atoms with E-state index in [1.54, 1.807) is 24.3 Å². The van der Waals surface area contributed by atoms with Gasteiger partial charge in [-0.25, -0.2) is 13.7 Å². The minimum Gasteiger partial charge on any atom is -0.689 e. The number of hydrogen-bond acceptors (Lipinski definition) is 13. The van der Waals surface area contributed by atoms with Gasteiger partial charge in [0, 0.05) is 16.6 Å². The molecule has 3 aromatic carbocycles. The second-order valence-corrected chi connectivity index (χ2v) is 10.2. The predicted molar refractivity (Wildman–Crippen MR) is 116 cm³/mol. The predicted octanol–water partition coefficient (Wildman–Crippen LogP) is 2.81. The van der Waals surface area contributed by atoms with Crippen molar-refractivity contribution in [3.63, 3.8) is 0 Å². The summed E-state index contributed by atoms with van der Waals surface area (Å²) in [6.45, 7) is 0. The third-order valence-electron chi connectivity index (χ3n) is 5.00. The summed E-state index contributed by atoms with van der Waals surface area (Å²) >= 11 is 6.26. The lowest BCUT2D eigenvalue weighted by Crippen LogP contribution is -2.44. The molecule has 0 saturated carbocycles. The van der Waals surface area contributed by atoms with E-state index in [2.05, 4.69) is 24.9 Å². The van der Waals surface area contributed by atoms with Crippen LogP contribution in [0.3, 0.4) is 0 Å². The summed E-state index contributed by atoms with van der Waals surface area (Å²) < 4.78 is 42.7. The quantitative estimate of drug-likeness (QED) is 0.0916. The van der Waals surface area contributed by atoms with E-state index < -0.39 is 9.84 Å². The molecule has 0 fully saturated rings. The van der Waals surface area contributed by atoms with Crippen LogP contribution in [0.25, 0.3) is 21.9 Å². The third kappa shape index (κ3) is 4.44. The van der Waals surface area contributed by atoms with E-state index in [4.69, 9.17) is 30.9 Å². The van der Waals surface area contributed by atoms with E-state index in [0.717, 1.165) is 0 Å². The average Bonchev–Trinajstić information content (AvgIpc) is 3.22. The highest BCUT2D eigenvalue weighted by atomic mass is 35.5. The van der Waals surface area contributed by atoms with Gasteiger partial charge in [0.25, 0.3) is 5.52 Å². The lowest BCUT2D eigenvalue weighted by Gasteiger charge is -2.13. The number of hydrogen-bond donors (Lipinski definition) is 2. The molecule has 0 radical (unpaired) electrons. The Balaban J connectivity index is 1.63. The van der Waals surface area contributed by atoms with Crippen LogP contribution in [0.1, 0.15) is 0 Å². The van der Waals surface area contributed by atoms with Gasteiger partial charge in [0.2, 0.25) is 5.58 Å². The second kappa shape index (κ2) is 9.65. The Bertz CT molecular complexity index is 1530. The summed E-state index contributed by atoms with van der Waals surface area (Å²) in [5, 5.41) is 30.8. The molecule has 2 N–H and O–H groups in total. The summed E-state index contributed by atoms with van der Waals surface area (Å²) in [7, 11) is -3.59. The summed E-state index contributed by atoms with van der Waals surface area (Å²) in [5.41, 5.74) is 4.39. The van der Waals surface area contributed by atoms with Gasteiger partial charge in [-0.2, -0.15) is 5.43 Å². The van der Waals surface area contributed by atoms with Crippen molar-refractivity contribution in [2.24, 2.45) is 0 Å². The van der Waals surface area contributed by atoms with Crippen molar-refractivity contribution in [2.45, 2.75) is 9.79 Å². The average molecular weight is 545 g/mol. The number of nitrogens with zero attached hydrogens (tertiary/aromatic N) is 1. The molecule has 0 amide bonds. The van der Waals surface area contributed by atoms with Gasteiger partial charge in [-0.1, -0.05) is 5.04 Å². The Labute approximate surface area is 204 Å². The number of ether oxygens (including phenoxy) is 1. The van der Waals surface area contributed by atoms with Gasteiger partial charge in [-0.3, -0.25) is 5.04 Å². The van der Waals surface area contributed by atoms with Crippen LogP contribution in [0.4, 0.5) is 5.69 Å². The SMILES string of the molecule is O=S(=O)(CCCl)c1ccc2c(c1)Oc1oc3c(SOOO)cc4cc(OOO[O-])ccc4c3[n+]1N2. The van der Waals surface area contributed by atoms with Crippen molar-refractivity contribution in [1.82, 2.24) is 0 Å². The van der Waals surface area contributed by atoms with Crippen LogP contribution in [0.5, 0.6) is 17.6 Å². The highest BCUT2D eigenvalue weighted by molar-refractivity contribution is 7.94. The molecule has 4 aromatic rings. The first-order valence-corrected chi connectivity index (χ1v) is 12.5. The molecule has 0 atom stereocenters. The van der Waals surface area contributed by atoms with Crippen molar-refractivity contribution in [1.29, 1.82) is 0 Å². The Morgan fingerprint density at radius 1 is 1.20 bits per heavy atom. The number of alkyl halides is 1. The number of rotatable bonds is 9. The van der Waals surface area contributed by atoms with Gasteiger partial charge in [0.15, 0.2) is 21.3 Å². The Morgan fingerprint density at radius 2 is 2.06 bits per heavy atom. The van der Waals surface area contributed by atoms with E-state index >= 15 is 0 Å². The van der Waals surface area contributed by atoms with Crippen LogP contribution in [0.15, 0.2) is 56.7 Å². The molecule has 2 heterocycles. The fourth-order valence-corrected chi connectivity index (χ4v) is 5.66. The smallest absolute Gasteiger partial charge is 0.597 e. The van der Waals surface area contributed by atoms with Crippen LogP contribution < -0.4 is 25.0 Å². The number of benzene rings is 3. The number of halogens is 1. The van der Waals surface area contributed by atoms with Gasteiger partial charge in [0.05, 0.1) is 33.0 Å². The molecule has 35 heavy (non-hydrogen) atoms. The van der Waals surface area contributed by atoms with Crippen molar-refractivity contribution < 1.29 is 57.1 Å². The third-order valence-corrected chi connectivity index (χ3v) is 7.74. The first-order valence-electron chi connectivity index (χ1n) is 9.56. The second-order valence-electron chi connectivity index (χ2n) is 6.96. The van der Waals surface area contributed by atoms with E-state index in [9.17, 15) is 13.7 Å².